The van der Waals surface area contributed by atoms with Crippen LogP contribution in [0, 0.1) is 6.92 Å². The second-order valence-corrected chi connectivity index (χ2v) is 4.96. The minimum absolute atomic E-state index is 0.0742. The molecule has 3 N–H and O–H groups in total. The molecule has 2 atom stereocenters. The van der Waals surface area contributed by atoms with Gasteiger partial charge in [0.05, 0.1) is 12.1 Å². The number of nitrogens with one attached hydrogen (secondary N) is 3. The summed E-state index contributed by atoms with van der Waals surface area (Å²) in [6, 6.07) is 6.46. The third kappa shape index (κ3) is 1.78. The van der Waals surface area contributed by atoms with Crippen LogP contribution in [-0.2, 0) is 4.79 Å². The third-order valence-electron chi connectivity index (χ3n) is 3.64. The lowest BCUT2D eigenvalue weighted by atomic mass is 10.0. The summed E-state index contributed by atoms with van der Waals surface area (Å²) in [5, 5.41) is 7.51. The van der Waals surface area contributed by atoms with Crippen LogP contribution in [0.5, 0.6) is 0 Å². The first-order chi connectivity index (χ1) is 8.65. The van der Waals surface area contributed by atoms with E-state index in [1.54, 1.807) is 0 Å². The van der Waals surface area contributed by atoms with Crippen LogP contribution in [0.2, 0.25) is 0 Å². The second kappa shape index (κ2) is 4.14. The summed E-state index contributed by atoms with van der Waals surface area (Å²) < 4.78 is 0. The molecule has 4 nitrogen and oxygen atoms in total. The Balaban J connectivity index is 1.94. The van der Waals surface area contributed by atoms with Crippen molar-refractivity contribution in [2.45, 2.75) is 25.9 Å². The fourth-order valence-corrected chi connectivity index (χ4v) is 2.50. The zero-order chi connectivity index (χ0) is 12.7. The minimum atomic E-state index is -0.133. The largest absolute Gasteiger partial charge is 0.361 e. The van der Waals surface area contributed by atoms with E-state index < -0.39 is 0 Å². The number of hydrogen-bond donors (Lipinski definition) is 3. The molecular formula is C14H17N3O. The van der Waals surface area contributed by atoms with Gasteiger partial charge in [0, 0.05) is 23.6 Å². The fourth-order valence-electron chi connectivity index (χ4n) is 2.50. The molecule has 1 amide bonds. The number of benzene rings is 1. The number of hydrogen-bond acceptors (Lipinski definition) is 2. The van der Waals surface area contributed by atoms with Gasteiger partial charge >= 0.3 is 0 Å². The topological polar surface area (TPSA) is 56.9 Å². The molecule has 1 saturated heterocycles. The van der Waals surface area contributed by atoms with Crippen LogP contribution in [-0.4, -0.2) is 23.5 Å². The lowest BCUT2D eigenvalue weighted by molar-refractivity contribution is -0.124. The number of aryl methyl sites for hydroxylation is 1. The average molecular weight is 243 g/mol. The molecule has 0 saturated carbocycles. The zero-order valence-corrected chi connectivity index (χ0v) is 10.6. The number of amides is 1. The molecule has 2 heterocycles. The average Bonchev–Trinajstić information content (AvgIpc) is 2.74. The molecule has 2 aromatic rings. The molecule has 3 rings (SSSR count). The van der Waals surface area contributed by atoms with Gasteiger partial charge in [0.25, 0.3) is 0 Å². The van der Waals surface area contributed by atoms with Crippen molar-refractivity contribution in [2.75, 3.05) is 6.54 Å². The van der Waals surface area contributed by atoms with Gasteiger partial charge in [-0.2, -0.15) is 0 Å². The van der Waals surface area contributed by atoms with E-state index in [1.165, 1.54) is 16.5 Å². The van der Waals surface area contributed by atoms with E-state index in [9.17, 15) is 4.79 Å². The van der Waals surface area contributed by atoms with E-state index in [1.807, 2.05) is 13.1 Å². The highest BCUT2D eigenvalue weighted by Crippen LogP contribution is 2.23. The maximum absolute atomic E-state index is 11.4. The molecule has 0 bridgehead atoms. The maximum Gasteiger partial charge on any atom is 0.236 e. The van der Waals surface area contributed by atoms with Gasteiger partial charge in [-0.15, -0.1) is 0 Å². The SMILES string of the molecule is Cc1c[nH]c2ccc(C3CNC(=O)C(C)N3)cc12. The molecule has 1 aliphatic heterocycles. The molecule has 4 heteroatoms. The number of aromatic amines is 1. The summed E-state index contributed by atoms with van der Waals surface area (Å²) in [6.07, 6.45) is 2.02. The van der Waals surface area contributed by atoms with Crippen molar-refractivity contribution >= 4 is 16.8 Å². The summed E-state index contributed by atoms with van der Waals surface area (Å²) in [4.78, 5) is 14.7. The highest BCUT2D eigenvalue weighted by Gasteiger charge is 2.25. The number of piperazine rings is 1. The van der Waals surface area contributed by atoms with Crippen LogP contribution >= 0.6 is 0 Å². The first kappa shape index (κ1) is 11.3. The van der Waals surface area contributed by atoms with Crippen LogP contribution in [0.1, 0.15) is 24.1 Å². The van der Waals surface area contributed by atoms with Crippen LogP contribution < -0.4 is 10.6 Å². The molecular weight excluding hydrogens is 226 g/mol. The summed E-state index contributed by atoms with van der Waals surface area (Å²) >= 11 is 0. The first-order valence-corrected chi connectivity index (χ1v) is 6.26. The Morgan fingerprint density at radius 1 is 1.33 bits per heavy atom. The maximum atomic E-state index is 11.4. The smallest absolute Gasteiger partial charge is 0.236 e. The van der Waals surface area contributed by atoms with Gasteiger partial charge in [-0.3, -0.25) is 10.1 Å². The summed E-state index contributed by atoms with van der Waals surface area (Å²) in [7, 11) is 0. The van der Waals surface area contributed by atoms with E-state index >= 15 is 0 Å². The van der Waals surface area contributed by atoms with E-state index in [0.29, 0.717) is 6.54 Å². The van der Waals surface area contributed by atoms with Gasteiger partial charge in [0.15, 0.2) is 0 Å². The van der Waals surface area contributed by atoms with E-state index in [4.69, 9.17) is 0 Å². The number of H-pyrrole nitrogens is 1. The van der Waals surface area contributed by atoms with E-state index in [2.05, 4.69) is 40.7 Å². The quantitative estimate of drug-likeness (QED) is 0.713. The molecule has 18 heavy (non-hydrogen) atoms. The molecule has 1 aliphatic rings. The van der Waals surface area contributed by atoms with Gasteiger partial charge < -0.3 is 10.3 Å². The molecule has 0 aliphatic carbocycles. The summed E-state index contributed by atoms with van der Waals surface area (Å²) in [5.41, 5.74) is 3.63. The summed E-state index contributed by atoms with van der Waals surface area (Å²) in [6.45, 7) is 4.64. The predicted octanol–water partition coefficient (Wildman–Crippen LogP) is 1.63. The van der Waals surface area contributed by atoms with Crippen LogP contribution in [0.25, 0.3) is 10.9 Å². The van der Waals surface area contributed by atoms with Crippen molar-refractivity contribution in [3.63, 3.8) is 0 Å². The summed E-state index contributed by atoms with van der Waals surface area (Å²) in [5.74, 6) is 0.0742. The number of carbonyl (C=O) groups is 1. The number of fused-ring (bicyclic) bond motifs is 1. The lowest BCUT2D eigenvalue weighted by Gasteiger charge is -2.29. The number of carbonyl (C=O) groups excluding carboxylic acids is 1. The van der Waals surface area contributed by atoms with Crippen molar-refractivity contribution in [3.8, 4) is 0 Å². The molecule has 1 fully saturated rings. The van der Waals surface area contributed by atoms with Gasteiger partial charge in [-0.05, 0) is 37.1 Å². The number of aromatic nitrogens is 1. The van der Waals surface area contributed by atoms with Crippen molar-refractivity contribution in [1.29, 1.82) is 0 Å². The zero-order valence-electron chi connectivity index (χ0n) is 10.6. The normalized spacial score (nSPS) is 24.2. The standard InChI is InChI=1S/C14H17N3O/c1-8-6-15-12-4-3-10(5-11(8)12)13-7-16-14(18)9(2)17-13/h3-6,9,13,15,17H,7H2,1-2H3,(H,16,18). The first-order valence-electron chi connectivity index (χ1n) is 6.26. The highest BCUT2D eigenvalue weighted by molar-refractivity contribution is 5.84. The molecule has 0 spiro atoms. The fraction of sp³-hybridized carbons (Fsp3) is 0.357. The highest BCUT2D eigenvalue weighted by atomic mass is 16.2. The Morgan fingerprint density at radius 3 is 2.94 bits per heavy atom. The predicted molar refractivity (Wildman–Crippen MR) is 71.4 cm³/mol. The Bertz CT molecular complexity index is 602. The second-order valence-electron chi connectivity index (χ2n) is 4.96. The van der Waals surface area contributed by atoms with Crippen molar-refractivity contribution in [2.24, 2.45) is 0 Å². The third-order valence-corrected chi connectivity index (χ3v) is 3.64. The van der Waals surface area contributed by atoms with Crippen molar-refractivity contribution in [1.82, 2.24) is 15.6 Å². The Morgan fingerprint density at radius 2 is 2.17 bits per heavy atom. The van der Waals surface area contributed by atoms with Gasteiger partial charge in [-0.25, -0.2) is 0 Å². The van der Waals surface area contributed by atoms with Crippen LogP contribution in [0.4, 0.5) is 0 Å². The Labute approximate surface area is 106 Å². The molecule has 0 radical (unpaired) electrons. The van der Waals surface area contributed by atoms with Gasteiger partial charge in [0.1, 0.15) is 0 Å². The number of rotatable bonds is 1. The molecule has 1 aromatic carbocycles. The van der Waals surface area contributed by atoms with Gasteiger partial charge in [0.2, 0.25) is 5.91 Å². The minimum Gasteiger partial charge on any atom is -0.361 e. The van der Waals surface area contributed by atoms with E-state index in [0.717, 1.165) is 5.52 Å². The molecule has 94 valence electrons. The molecule has 2 unspecified atom stereocenters. The Hall–Kier alpha value is -1.81. The molecule has 1 aromatic heterocycles. The lowest BCUT2D eigenvalue weighted by Crippen LogP contribution is -2.52. The monoisotopic (exact) mass is 243 g/mol. The van der Waals surface area contributed by atoms with Crippen LogP contribution in [0.15, 0.2) is 24.4 Å². The van der Waals surface area contributed by atoms with Crippen LogP contribution in [0.3, 0.4) is 0 Å². The van der Waals surface area contributed by atoms with E-state index in [-0.39, 0.29) is 18.0 Å². The van der Waals surface area contributed by atoms with Gasteiger partial charge in [-0.1, -0.05) is 6.07 Å². The van der Waals surface area contributed by atoms with Crippen molar-refractivity contribution in [3.05, 3.63) is 35.5 Å². The Kier molecular flexibility index (Phi) is 2.59. The van der Waals surface area contributed by atoms with Crippen molar-refractivity contribution < 1.29 is 4.79 Å².